The van der Waals surface area contributed by atoms with Crippen LogP contribution in [0.4, 0.5) is 5.13 Å². The van der Waals surface area contributed by atoms with E-state index in [2.05, 4.69) is 27.4 Å². The van der Waals surface area contributed by atoms with E-state index in [4.69, 9.17) is 0 Å². The summed E-state index contributed by atoms with van der Waals surface area (Å²) in [4.78, 5) is 17.2. The summed E-state index contributed by atoms with van der Waals surface area (Å²) in [6.45, 7) is 6.61. The second-order valence-corrected chi connectivity index (χ2v) is 10.8. The first-order chi connectivity index (χ1) is 15.8. The van der Waals surface area contributed by atoms with Gasteiger partial charge in [0.1, 0.15) is 10.8 Å². The smallest absolute Gasteiger partial charge is 0.243 e. The Morgan fingerprint density at radius 3 is 2.58 bits per heavy atom. The van der Waals surface area contributed by atoms with Gasteiger partial charge < -0.3 is 9.88 Å². The zero-order valence-electron chi connectivity index (χ0n) is 19.7. The number of nitrogens with one attached hydrogen (secondary N) is 1. The number of sulfonamides is 1. The molecule has 0 unspecified atom stereocenters. The van der Waals surface area contributed by atoms with Crippen LogP contribution in [-0.4, -0.2) is 51.5 Å². The standard InChI is InChI=1S/C22H32N6O3S2/c1-5-8-9-10-21-25-26-22(32-21)24-20(29)14-13-19-23-17-15-16(11-12-18(17)27(19)4)33(30,31)28(6-2)7-3/h11-12,15H,5-10,13-14H2,1-4H3,(H,24,26,29). The molecule has 180 valence electrons. The first-order valence-corrected chi connectivity index (χ1v) is 13.6. The predicted molar refractivity (Wildman–Crippen MR) is 131 cm³/mol. The van der Waals surface area contributed by atoms with Crippen molar-refractivity contribution in [2.45, 2.75) is 64.2 Å². The van der Waals surface area contributed by atoms with Crippen LogP contribution in [0.15, 0.2) is 23.1 Å². The molecule has 0 spiro atoms. The largest absolute Gasteiger partial charge is 0.331 e. The number of carbonyl (C=O) groups is 1. The van der Waals surface area contributed by atoms with Gasteiger partial charge in [0.25, 0.3) is 0 Å². The van der Waals surface area contributed by atoms with E-state index < -0.39 is 10.0 Å². The van der Waals surface area contributed by atoms with E-state index in [0.717, 1.165) is 42.0 Å². The minimum atomic E-state index is -3.55. The third-order valence-electron chi connectivity index (χ3n) is 5.57. The lowest BCUT2D eigenvalue weighted by molar-refractivity contribution is -0.116. The number of aromatic nitrogens is 4. The summed E-state index contributed by atoms with van der Waals surface area (Å²) in [5.41, 5.74) is 1.42. The van der Waals surface area contributed by atoms with Gasteiger partial charge in [0.15, 0.2) is 0 Å². The molecule has 11 heteroatoms. The lowest BCUT2D eigenvalue weighted by atomic mass is 10.2. The highest BCUT2D eigenvalue weighted by molar-refractivity contribution is 7.89. The molecule has 1 aromatic carbocycles. The van der Waals surface area contributed by atoms with Crippen LogP contribution in [0, 0.1) is 0 Å². The van der Waals surface area contributed by atoms with Gasteiger partial charge >= 0.3 is 0 Å². The number of hydrogen-bond donors (Lipinski definition) is 1. The Balaban J connectivity index is 1.66. The van der Waals surface area contributed by atoms with E-state index in [9.17, 15) is 13.2 Å². The molecule has 9 nitrogen and oxygen atoms in total. The average Bonchev–Trinajstić information content (AvgIpc) is 3.36. The van der Waals surface area contributed by atoms with Gasteiger partial charge in [-0.1, -0.05) is 44.9 Å². The highest BCUT2D eigenvalue weighted by Gasteiger charge is 2.23. The topological polar surface area (TPSA) is 110 Å². The summed E-state index contributed by atoms with van der Waals surface area (Å²) in [6.07, 6.45) is 4.93. The molecule has 0 atom stereocenters. The summed E-state index contributed by atoms with van der Waals surface area (Å²) >= 11 is 1.41. The molecule has 33 heavy (non-hydrogen) atoms. The van der Waals surface area contributed by atoms with E-state index in [0.29, 0.717) is 30.2 Å². The van der Waals surface area contributed by atoms with Crippen molar-refractivity contribution in [2.75, 3.05) is 18.4 Å². The number of hydrogen-bond acceptors (Lipinski definition) is 7. The minimum absolute atomic E-state index is 0.150. The molecule has 0 aliphatic heterocycles. The maximum atomic E-state index is 12.8. The molecular weight excluding hydrogens is 460 g/mol. The number of rotatable bonds is 12. The van der Waals surface area contributed by atoms with Crippen LogP contribution < -0.4 is 5.32 Å². The number of carbonyl (C=O) groups excluding carboxylic acids is 1. The quantitative estimate of drug-likeness (QED) is 0.386. The molecule has 1 N–H and O–H groups in total. The first kappa shape index (κ1) is 25.3. The van der Waals surface area contributed by atoms with Gasteiger partial charge in [-0.25, -0.2) is 13.4 Å². The summed E-state index contributed by atoms with van der Waals surface area (Å²) in [7, 11) is -1.68. The molecule has 0 aliphatic rings. The van der Waals surface area contributed by atoms with Gasteiger partial charge in [0.2, 0.25) is 21.1 Å². The third-order valence-corrected chi connectivity index (χ3v) is 8.52. The summed E-state index contributed by atoms with van der Waals surface area (Å²) in [5, 5.41) is 12.5. The fraction of sp³-hybridized carbons (Fsp3) is 0.545. The maximum Gasteiger partial charge on any atom is 0.243 e. The van der Waals surface area contributed by atoms with Gasteiger partial charge in [-0.3, -0.25) is 4.79 Å². The number of aryl methyl sites for hydroxylation is 3. The van der Waals surface area contributed by atoms with Gasteiger partial charge in [-0.05, 0) is 24.6 Å². The number of anilines is 1. The van der Waals surface area contributed by atoms with E-state index in [-0.39, 0.29) is 17.2 Å². The molecule has 0 radical (unpaired) electrons. The lowest BCUT2D eigenvalue weighted by Gasteiger charge is -2.18. The molecular formula is C22H32N6O3S2. The summed E-state index contributed by atoms with van der Waals surface area (Å²) < 4.78 is 29.0. The van der Waals surface area contributed by atoms with Crippen molar-refractivity contribution in [3.05, 3.63) is 29.0 Å². The Morgan fingerprint density at radius 2 is 1.88 bits per heavy atom. The normalized spacial score (nSPS) is 12.0. The summed E-state index contributed by atoms with van der Waals surface area (Å²) in [6, 6.07) is 4.99. The SMILES string of the molecule is CCCCCc1nnc(NC(=O)CCc2nc3cc(S(=O)(=O)N(CC)CC)ccc3n2C)s1. The highest BCUT2D eigenvalue weighted by atomic mass is 32.2. The molecule has 0 bridgehead atoms. The Morgan fingerprint density at radius 1 is 1.12 bits per heavy atom. The van der Waals surface area contributed by atoms with Gasteiger partial charge in [0.05, 0.1) is 15.9 Å². The Hall–Kier alpha value is -2.37. The zero-order chi connectivity index (χ0) is 24.0. The van der Waals surface area contributed by atoms with Crippen LogP contribution in [0.2, 0.25) is 0 Å². The van der Waals surface area contributed by atoms with E-state index in [1.807, 2.05) is 25.5 Å². The number of benzene rings is 1. The Labute approximate surface area is 199 Å². The summed E-state index contributed by atoms with van der Waals surface area (Å²) in [5.74, 6) is 0.568. The third kappa shape index (κ3) is 5.96. The lowest BCUT2D eigenvalue weighted by Crippen LogP contribution is -2.30. The molecule has 0 saturated heterocycles. The zero-order valence-corrected chi connectivity index (χ0v) is 21.3. The van der Waals surface area contributed by atoms with Crippen LogP contribution in [0.25, 0.3) is 11.0 Å². The van der Waals surface area contributed by atoms with Crippen LogP contribution in [0.1, 0.15) is 57.3 Å². The highest BCUT2D eigenvalue weighted by Crippen LogP contribution is 2.23. The number of amides is 1. The van der Waals surface area contributed by atoms with E-state index >= 15 is 0 Å². The molecule has 3 rings (SSSR count). The van der Waals surface area contributed by atoms with Gasteiger partial charge in [-0.15, -0.1) is 10.2 Å². The molecule has 3 aromatic rings. The number of fused-ring (bicyclic) bond motifs is 1. The fourth-order valence-electron chi connectivity index (χ4n) is 3.66. The molecule has 0 saturated carbocycles. The number of nitrogens with zero attached hydrogens (tertiary/aromatic N) is 5. The molecule has 2 heterocycles. The van der Waals surface area contributed by atoms with E-state index in [1.54, 1.807) is 18.2 Å². The first-order valence-electron chi connectivity index (χ1n) is 11.4. The van der Waals surface area contributed by atoms with Crippen molar-refractivity contribution in [3.8, 4) is 0 Å². The van der Waals surface area contributed by atoms with Gasteiger partial charge in [0, 0.05) is 39.4 Å². The van der Waals surface area contributed by atoms with Crippen molar-refractivity contribution in [1.82, 2.24) is 24.1 Å². The van der Waals surface area contributed by atoms with Crippen molar-refractivity contribution in [3.63, 3.8) is 0 Å². The second-order valence-electron chi connectivity index (χ2n) is 7.83. The maximum absolute atomic E-state index is 12.8. The van der Waals surface area contributed by atoms with Gasteiger partial charge in [-0.2, -0.15) is 4.31 Å². The molecule has 0 fully saturated rings. The Bertz CT molecular complexity index is 1200. The Kier molecular flexibility index (Phi) is 8.55. The van der Waals surface area contributed by atoms with Crippen molar-refractivity contribution in [1.29, 1.82) is 0 Å². The van der Waals surface area contributed by atoms with Crippen LogP contribution >= 0.6 is 11.3 Å². The van der Waals surface area contributed by atoms with Crippen LogP contribution in [0.3, 0.4) is 0 Å². The van der Waals surface area contributed by atoms with Crippen molar-refractivity contribution in [2.24, 2.45) is 7.05 Å². The fourth-order valence-corrected chi connectivity index (χ4v) is 5.94. The van der Waals surface area contributed by atoms with Crippen LogP contribution in [-0.2, 0) is 34.7 Å². The van der Waals surface area contributed by atoms with Crippen LogP contribution in [0.5, 0.6) is 0 Å². The molecule has 2 aromatic heterocycles. The molecule has 1 amide bonds. The molecule has 0 aliphatic carbocycles. The predicted octanol–water partition coefficient (Wildman–Crippen LogP) is 3.76. The van der Waals surface area contributed by atoms with Crippen molar-refractivity contribution < 1.29 is 13.2 Å². The monoisotopic (exact) mass is 492 g/mol. The van der Waals surface area contributed by atoms with Crippen molar-refractivity contribution >= 4 is 43.4 Å². The van der Waals surface area contributed by atoms with E-state index in [1.165, 1.54) is 15.6 Å². The number of imidazole rings is 1. The number of unbranched alkanes of at least 4 members (excludes halogenated alkanes) is 2. The second kappa shape index (κ2) is 11.2. The average molecular weight is 493 g/mol. The minimum Gasteiger partial charge on any atom is -0.331 e.